The smallest absolute Gasteiger partial charge is 0.336 e. The van der Waals surface area contributed by atoms with E-state index < -0.39 is 0 Å². The Labute approximate surface area is 158 Å². The normalized spacial score (nSPS) is 17.8. The molecule has 1 aromatic heterocycles. The molecule has 2 amide bonds. The SMILES string of the molecule is Cc1cc2oc(=O)cc(C)c2cc1NC(=O)NCCN1CCCC[C@H]1CO. The summed E-state index contributed by atoms with van der Waals surface area (Å²) in [7, 11) is 0. The van der Waals surface area contributed by atoms with E-state index in [9.17, 15) is 14.7 Å². The highest BCUT2D eigenvalue weighted by molar-refractivity contribution is 5.94. The lowest BCUT2D eigenvalue weighted by Gasteiger charge is -2.34. The standard InChI is InChI=1S/C20H27N3O4/c1-13-10-19(25)27-18-9-14(2)17(11-16(13)18)22-20(26)21-6-8-23-7-4-3-5-15(23)12-24/h9-11,15,24H,3-8,12H2,1-2H3,(H2,21,22,26)/t15-/m0/s1. The van der Waals surface area contributed by atoms with Crippen LogP contribution in [0.2, 0.25) is 0 Å². The fraction of sp³-hybridized carbons (Fsp3) is 0.500. The average molecular weight is 373 g/mol. The van der Waals surface area contributed by atoms with Gasteiger partial charge in [0.1, 0.15) is 5.58 Å². The van der Waals surface area contributed by atoms with E-state index in [2.05, 4.69) is 15.5 Å². The number of aliphatic hydroxyl groups excluding tert-OH is 1. The fourth-order valence-corrected chi connectivity index (χ4v) is 3.64. The number of anilines is 1. The van der Waals surface area contributed by atoms with Gasteiger partial charge in [-0.1, -0.05) is 6.42 Å². The van der Waals surface area contributed by atoms with E-state index in [4.69, 9.17) is 4.42 Å². The van der Waals surface area contributed by atoms with Crippen molar-refractivity contribution in [1.82, 2.24) is 10.2 Å². The molecule has 2 heterocycles. The number of aryl methyl sites for hydroxylation is 2. The van der Waals surface area contributed by atoms with Crippen LogP contribution in [0.5, 0.6) is 0 Å². The van der Waals surface area contributed by atoms with Crippen molar-refractivity contribution in [2.24, 2.45) is 0 Å². The second-order valence-electron chi connectivity index (χ2n) is 7.16. The minimum absolute atomic E-state index is 0.165. The topological polar surface area (TPSA) is 94.8 Å². The zero-order valence-corrected chi connectivity index (χ0v) is 15.9. The van der Waals surface area contributed by atoms with Crippen LogP contribution in [-0.4, -0.2) is 48.3 Å². The quantitative estimate of drug-likeness (QED) is 0.700. The van der Waals surface area contributed by atoms with E-state index in [0.717, 1.165) is 48.9 Å². The van der Waals surface area contributed by atoms with Gasteiger partial charge >= 0.3 is 11.7 Å². The number of amides is 2. The number of carbonyl (C=O) groups is 1. The van der Waals surface area contributed by atoms with Crippen molar-refractivity contribution < 1.29 is 14.3 Å². The van der Waals surface area contributed by atoms with Crippen molar-refractivity contribution in [3.05, 3.63) is 39.7 Å². The number of nitrogens with zero attached hydrogens (tertiary/aromatic N) is 1. The number of aliphatic hydroxyl groups is 1. The molecule has 1 aliphatic heterocycles. The van der Waals surface area contributed by atoms with Gasteiger partial charge in [0, 0.05) is 36.3 Å². The summed E-state index contributed by atoms with van der Waals surface area (Å²) < 4.78 is 5.23. The van der Waals surface area contributed by atoms with Crippen LogP contribution in [0.15, 0.2) is 27.4 Å². The number of fused-ring (bicyclic) bond motifs is 1. The Hall–Kier alpha value is -2.38. The summed E-state index contributed by atoms with van der Waals surface area (Å²) in [6.45, 7) is 6.06. The van der Waals surface area contributed by atoms with E-state index >= 15 is 0 Å². The van der Waals surface area contributed by atoms with Crippen LogP contribution in [0, 0.1) is 13.8 Å². The fourth-order valence-electron chi connectivity index (χ4n) is 3.64. The molecular weight excluding hydrogens is 346 g/mol. The molecule has 0 radical (unpaired) electrons. The second-order valence-corrected chi connectivity index (χ2v) is 7.16. The summed E-state index contributed by atoms with van der Waals surface area (Å²) >= 11 is 0. The van der Waals surface area contributed by atoms with Gasteiger partial charge in [0.05, 0.1) is 6.61 Å². The molecule has 1 saturated heterocycles. The monoisotopic (exact) mass is 373 g/mol. The molecule has 1 fully saturated rings. The predicted molar refractivity (Wildman–Crippen MR) is 105 cm³/mol. The number of carbonyl (C=O) groups excluding carboxylic acids is 1. The van der Waals surface area contributed by atoms with Gasteiger partial charge in [-0.3, -0.25) is 4.90 Å². The summed E-state index contributed by atoms with van der Waals surface area (Å²) in [4.78, 5) is 26.0. The summed E-state index contributed by atoms with van der Waals surface area (Å²) in [6, 6.07) is 4.96. The van der Waals surface area contributed by atoms with E-state index in [0.29, 0.717) is 17.8 Å². The summed E-state index contributed by atoms with van der Waals surface area (Å²) in [5, 5.41) is 16.0. The van der Waals surface area contributed by atoms with E-state index in [1.54, 1.807) is 6.07 Å². The van der Waals surface area contributed by atoms with Crippen LogP contribution in [-0.2, 0) is 0 Å². The predicted octanol–water partition coefficient (Wildman–Crippen LogP) is 2.38. The number of rotatable bonds is 5. The van der Waals surface area contributed by atoms with Crippen LogP contribution in [0.25, 0.3) is 11.0 Å². The molecule has 3 N–H and O–H groups in total. The van der Waals surface area contributed by atoms with Crippen molar-refractivity contribution in [3.8, 4) is 0 Å². The first-order chi connectivity index (χ1) is 13.0. The van der Waals surface area contributed by atoms with Crippen LogP contribution < -0.4 is 16.3 Å². The van der Waals surface area contributed by atoms with Crippen molar-refractivity contribution in [1.29, 1.82) is 0 Å². The molecule has 7 heteroatoms. The zero-order valence-electron chi connectivity index (χ0n) is 15.9. The molecule has 1 aromatic carbocycles. The van der Waals surface area contributed by atoms with Crippen LogP contribution in [0.3, 0.4) is 0 Å². The Morgan fingerprint density at radius 2 is 2.07 bits per heavy atom. The number of urea groups is 1. The number of piperidine rings is 1. The number of nitrogens with one attached hydrogen (secondary N) is 2. The summed E-state index contributed by atoms with van der Waals surface area (Å²) in [6.07, 6.45) is 3.29. The Morgan fingerprint density at radius 3 is 2.85 bits per heavy atom. The Balaban J connectivity index is 1.60. The van der Waals surface area contributed by atoms with E-state index in [1.807, 2.05) is 19.9 Å². The minimum Gasteiger partial charge on any atom is -0.423 e. The average Bonchev–Trinajstić information content (AvgIpc) is 2.63. The molecule has 0 unspecified atom stereocenters. The molecule has 0 aliphatic carbocycles. The van der Waals surface area contributed by atoms with Crippen LogP contribution in [0.4, 0.5) is 10.5 Å². The van der Waals surface area contributed by atoms with Crippen molar-refractivity contribution in [2.75, 3.05) is 31.6 Å². The summed E-state index contributed by atoms with van der Waals surface area (Å²) in [5.41, 5.74) is 2.45. The lowest BCUT2D eigenvalue weighted by atomic mass is 10.0. The first kappa shape index (κ1) is 19.4. The number of likely N-dealkylation sites (tertiary alicyclic amines) is 1. The van der Waals surface area contributed by atoms with Gasteiger partial charge < -0.3 is 20.2 Å². The van der Waals surface area contributed by atoms with Crippen molar-refractivity contribution >= 4 is 22.7 Å². The number of benzene rings is 1. The molecule has 0 bridgehead atoms. The van der Waals surface area contributed by atoms with Crippen LogP contribution >= 0.6 is 0 Å². The first-order valence-corrected chi connectivity index (χ1v) is 9.43. The zero-order chi connectivity index (χ0) is 19.4. The number of hydrogen-bond donors (Lipinski definition) is 3. The van der Waals surface area contributed by atoms with Crippen LogP contribution in [0.1, 0.15) is 30.4 Å². The van der Waals surface area contributed by atoms with Gasteiger partial charge in [-0.25, -0.2) is 9.59 Å². The Kier molecular flexibility index (Phi) is 6.13. The van der Waals surface area contributed by atoms with Gasteiger partial charge in [-0.15, -0.1) is 0 Å². The first-order valence-electron chi connectivity index (χ1n) is 9.43. The molecule has 2 aromatic rings. The number of hydrogen-bond acceptors (Lipinski definition) is 5. The van der Waals surface area contributed by atoms with Gasteiger partial charge in [-0.2, -0.15) is 0 Å². The third-order valence-electron chi connectivity index (χ3n) is 5.19. The third-order valence-corrected chi connectivity index (χ3v) is 5.19. The minimum atomic E-state index is -0.378. The maximum absolute atomic E-state index is 12.3. The molecule has 0 spiro atoms. The van der Waals surface area contributed by atoms with Gasteiger partial charge in [-0.05, 0) is 56.5 Å². The lowest BCUT2D eigenvalue weighted by Crippen LogP contribution is -2.46. The highest BCUT2D eigenvalue weighted by Gasteiger charge is 2.21. The largest absolute Gasteiger partial charge is 0.423 e. The molecule has 0 saturated carbocycles. The molecule has 3 rings (SSSR count). The maximum atomic E-state index is 12.3. The Bertz CT molecular complexity index is 877. The van der Waals surface area contributed by atoms with Gasteiger partial charge in [0.25, 0.3) is 0 Å². The molecule has 146 valence electrons. The molecule has 1 aliphatic rings. The van der Waals surface area contributed by atoms with E-state index in [-0.39, 0.29) is 24.3 Å². The molecular formula is C20H27N3O4. The van der Waals surface area contributed by atoms with Crippen molar-refractivity contribution in [2.45, 2.75) is 39.2 Å². The third kappa shape index (κ3) is 4.67. The maximum Gasteiger partial charge on any atom is 0.336 e. The lowest BCUT2D eigenvalue weighted by molar-refractivity contribution is 0.0917. The second kappa shape index (κ2) is 8.54. The highest BCUT2D eigenvalue weighted by Crippen LogP contribution is 2.25. The van der Waals surface area contributed by atoms with E-state index in [1.165, 1.54) is 6.07 Å². The van der Waals surface area contributed by atoms with Crippen molar-refractivity contribution in [3.63, 3.8) is 0 Å². The Morgan fingerprint density at radius 1 is 1.26 bits per heavy atom. The molecule has 27 heavy (non-hydrogen) atoms. The molecule has 7 nitrogen and oxygen atoms in total. The summed E-state index contributed by atoms with van der Waals surface area (Å²) in [5.74, 6) is 0. The molecule has 1 atom stereocenters. The highest BCUT2D eigenvalue weighted by atomic mass is 16.4. The van der Waals surface area contributed by atoms with Gasteiger partial charge in [0.2, 0.25) is 0 Å². The van der Waals surface area contributed by atoms with Gasteiger partial charge in [0.15, 0.2) is 0 Å².